The van der Waals surface area contributed by atoms with Crippen LogP contribution in [0.4, 0.5) is 0 Å². The summed E-state index contributed by atoms with van der Waals surface area (Å²) in [4.78, 5) is 0. The zero-order chi connectivity index (χ0) is 8.60. The van der Waals surface area contributed by atoms with Crippen LogP contribution in [0.25, 0.3) is 0 Å². The Morgan fingerprint density at radius 3 is 2.17 bits per heavy atom. The van der Waals surface area contributed by atoms with Crippen LogP contribution in [0.15, 0.2) is 0 Å². The van der Waals surface area contributed by atoms with Gasteiger partial charge in [0.25, 0.3) is 0 Å². The summed E-state index contributed by atoms with van der Waals surface area (Å²) in [5.74, 6) is 0.953. The summed E-state index contributed by atoms with van der Waals surface area (Å²) in [6.07, 6.45) is 7.34. The van der Waals surface area contributed by atoms with Crippen molar-refractivity contribution in [2.75, 3.05) is 0 Å². The fraction of sp³-hybridized carbons (Fsp3) is 0.889. The molecule has 0 heterocycles. The maximum absolute atomic E-state index is 5.54. The van der Waals surface area contributed by atoms with Crippen LogP contribution in [0, 0.1) is 5.92 Å². The number of hydrogen-bond acceptors (Lipinski definition) is 1. The summed E-state index contributed by atoms with van der Waals surface area (Å²) < 4.78 is 5.54. The van der Waals surface area contributed by atoms with E-state index in [1.807, 2.05) is 0 Å². The van der Waals surface area contributed by atoms with E-state index >= 15 is 0 Å². The molecule has 0 saturated heterocycles. The van der Waals surface area contributed by atoms with Crippen LogP contribution in [-0.2, 0) is 4.74 Å². The van der Waals surface area contributed by atoms with E-state index in [0.29, 0.717) is 0 Å². The third kappa shape index (κ3) is 1.28. The molecule has 3 fully saturated rings. The third-order valence-electron chi connectivity index (χ3n) is 3.36. The van der Waals surface area contributed by atoms with Crippen molar-refractivity contribution in [3.63, 3.8) is 0 Å². The molecule has 0 aromatic heterocycles. The average Bonchev–Trinajstić information content (AvgIpc) is 2.05. The van der Waals surface area contributed by atoms with Gasteiger partial charge in [-0.3, -0.25) is 11.1 Å². The maximum Gasteiger partial charge on any atom is 0.438 e. The van der Waals surface area contributed by atoms with E-state index in [1.165, 1.54) is 19.3 Å². The first kappa shape index (κ1) is 7.90. The molecule has 2 bridgehead atoms. The van der Waals surface area contributed by atoms with Gasteiger partial charge in [-0.05, 0) is 44.4 Å². The quantitative estimate of drug-likeness (QED) is 0.422. The van der Waals surface area contributed by atoms with Crippen molar-refractivity contribution in [2.24, 2.45) is 11.7 Å². The minimum absolute atomic E-state index is 0.0214. The average molecular weight is 169 g/mol. The van der Waals surface area contributed by atoms with Gasteiger partial charge in [-0.2, -0.15) is 0 Å². The summed E-state index contributed by atoms with van der Waals surface area (Å²) in [5, 5.41) is 5.37. The SMILES string of the molecule is NC(=[NH2+])OC12CCC(CC1)CC2. The predicted molar refractivity (Wildman–Crippen MR) is 46.1 cm³/mol. The number of nitrogens with two attached hydrogens (primary N) is 2. The van der Waals surface area contributed by atoms with Crippen molar-refractivity contribution in [1.29, 1.82) is 0 Å². The van der Waals surface area contributed by atoms with Crippen molar-refractivity contribution >= 4 is 6.02 Å². The van der Waals surface area contributed by atoms with Gasteiger partial charge < -0.3 is 4.74 Å². The highest BCUT2D eigenvalue weighted by Gasteiger charge is 2.43. The van der Waals surface area contributed by atoms with Crippen LogP contribution in [-0.4, -0.2) is 11.6 Å². The molecule has 3 aliphatic carbocycles. The van der Waals surface area contributed by atoms with Gasteiger partial charge in [0.05, 0.1) is 0 Å². The van der Waals surface area contributed by atoms with E-state index in [-0.39, 0.29) is 11.6 Å². The molecule has 3 nitrogen and oxygen atoms in total. The molecule has 0 amide bonds. The lowest BCUT2D eigenvalue weighted by atomic mass is 9.68. The van der Waals surface area contributed by atoms with Crippen LogP contribution in [0.1, 0.15) is 38.5 Å². The van der Waals surface area contributed by atoms with Crippen molar-refractivity contribution in [2.45, 2.75) is 44.1 Å². The molecule has 0 aromatic rings. The number of rotatable bonds is 1. The van der Waals surface area contributed by atoms with E-state index in [9.17, 15) is 0 Å². The molecule has 0 atom stereocenters. The Morgan fingerprint density at radius 1 is 1.25 bits per heavy atom. The zero-order valence-electron chi connectivity index (χ0n) is 7.38. The van der Waals surface area contributed by atoms with Crippen LogP contribution in [0.5, 0.6) is 0 Å². The lowest BCUT2D eigenvalue weighted by Crippen LogP contribution is -2.54. The normalized spacial score (nSPS) is 39.5. The van der Waals surface area contributed by atoms with Gasteiger partial charge in [-0.1, -0.05) is 0 Å². The summed E-state index contributed by atoms with van der Waals surface area (Å²) >= 11 is 0. The van der Waals surface area contributed by atoms with E-state index in [1.54, 1.807) is 0 Å². The van der Waals surface area contributed by atoms with Crippen molar-refractivity contribution < 1.29 is 10.1 Å². The van der Waals surface area contributed by atoms with Crippen molar-refractivity contribution in [3.05, 3.63) is 0 Å². The first-order chi connectivity index (χ1) is 5.70. The van der Waals surface area contributed by atoms with Crippen LogP contribution < -0.4 is 11.1 Å². The first-order valence-electron chi connectivity index (χ1n) is 4.77. The Balaban J connectivity index is 2.03. The molecule has 68 valence electrons. The molecule has 12 heavy (non-hydrogen) atoms. The Labute approximate surface area is 72.8 Å². The predicted octanol–water partition coefficient (Wildman–Crippen LogP) is -0.200. The number of ether oxygens (including phenoxy) is 1. The number of hydrogen-bond donors (Lipinski definition) is 2. The summed E-state index contributed by atoms with van der Waals surface area (Å²) in [6.45, 7) is 0. The van der Waals surface area contributed by atoms with Gasteiger partial charge >= 0.3 is 6.02 Å². The minimum Gasteiger partial charge on any atom is -0.425 e. The highest BCUT2D eigenvalue weighted by atomic mass is 16.5. The third-order valence-corrected chi connectivity index (χ3v) is 3.36. The zero-order valence-corrected chi connectivity index (χ0v) is 7.38. The fourth-order valence-corrected chi connectivity index (χ4v) is 2.61. The second-order valence-corrected chi connectivity index (χ2v) is 4.17. The van der Waals surface area contributed by atoms with Crippen LogP contribution >= 0.6 is 0 Å². The largest absolute Gasteiger partial charge is 0.438 e. The van der Waals surface area contributed by atoms with E-state index in [2.05, 4.69) is 0 Å². The molecule has 3 aliphatic rings. The summed E-state index contributed by atoms with van der Waals surface area (Å²) in [6, 6.07) is 0.148. The van der Waals surface area contributed by atoms with Gasteiger partial charge in [-0.25, -0.2) is 0 Å². The molecule has 0 aromatic carbocycles. The second-order valence-electron chi connectivity index (χ2n) is 4.17. The number of amidine groups is 1. The van der Waals surface area contributed by atoms with E-state index < -0.39 is 0 Å². The summed E-state index contributed by atoms with van der Waals surface area (Å²) in [5.41, 5.74) is 5.39. The molecular formula is C9H17N2O+. The van der Waals surface area contributed by atoms with Crippen LogP contribution in [0.2, 0.25) is 0 Å². The Morgan fingerprint density at radius 2 is 1.75 bits per heavy atom. The highest BCUT2D eigenvalue weighted by Crippen LogP contribution is 2.46. The second kappa shape index (κ2) is 2.64. The molecule has 4 N–H and O–H groups in total. The fourth-order valence-electron chi connectivity index (χ4n) is 2.61. The topological polar surface area (TPSA) is 60.8 Å². The molecule has 0 unspecified atom stereocenters. The summed E-state index contributed by atoms with van der Waals surface area (Å²) in [7, 11) is 0. The molecular weight excluding hydrogens is 152 g/mol. The van der Waals surface area contributed by atoms with Crippen LogP contribution in [0.3, 0.4) is 0 Å². The van der Waals surface area contributed by atoms with E-state index in [0.717, 1.165) is 25.2 Å². The number of fused-ring (bicyclic) bond motifs is 3. The van der Waals surface area contributed by atoms with Gasteiger partial charge in [-0.15, -0.1) is 0 Å². The molecule has 0 spiro atoms. The minimum atomic E-state index is 0.0214. The molecule has 0 radical (unpaired) electrons. The van der Waals surface area contributed by atoms with Gasteiger partial charge in [0.15, 0.2) is 0 Å². The van der Waals surface area contributed by atoms with Crippen molar-refractivity contribution in [3.8, 4) is 0 Å². The molecule has 3 rings (SSSR count). The monoisotopic (exact) mass is 169 g/mol. The lowest BCUT2D eigenvalue weighted by molar-refractivity contribution is -0.169. The maximum atomic E-state index is 5.54. The van der Waals surface area contributed by atoms with Gasteiger partial charge in [0.1, 0.15) is 5.60 Å². The van der Waals surface area contributed by atoms with Gasteiger partial charge in [0, 0.05) is 0 Å². The Bertz CT molecular complexity index is 181. The molecule has 0 aliphatic heterocycles. The van der Waals surface area contributed by atoms with E-state index in [4.69, 9.17) is 15.9 Å². The standard InChI is InChI=1S/C9H16N2O/c10-8(11)12-9-4-1-7(2-5-9)3-6-9/h7H,1-6H2,(H3,10,11)/p+1. The smallest absolute Gasteiger partial charge is 0.425 e. The first-order valence-corrected chi connectivity index (χ1v) is 4.77. The van der Waals surface area contributed by atoms with Crippen molar-refractivity contribution in [1.82, 2.24) is 0 Å². The molecule has 3 saturated carbocycles. The highest BCUT2D eigenvalue weighted by molar-refractivity contribution is 5.64. The Hall–Kier alpha value is -0.730. The Kier molecular flexibility index (Phi) is 1.74. The lowest BCUT2D eigenvalue weighted by Gasteiger charge is -2.44. The molecule has 3 heteroatoms. The van der Waals surface area contributed by atoms with Gasteiger partial charge in [0.2, 0.25) is 0 Å².